The minimum atomic E-state index is -4.71. The van der Waals surface area contributed by atoms with Crippen LogP contribution in [0.25, 0.3) is 0 Å². The summed E-state index contributed by atoms with van der Waals surface area (Å²) in [4.78, 5) is 31.7. The van der Waals surface area contributed by atoms with E-state index in [1.807, 2.05) is 14.1 Å². The van der Waals surface area contributed by atoms with Crippen LogP contribution >= 0.6 is 11.6 Å². The minimum Gasteiger partial charge on any atom is -0.454 e. The summed E-state index contributed by atoms with van der Waals surface area (Å²) < 4.78 is 51.1. The monoisotopic (exact) mass is 568 g/mol. The van der Waals surface area contributed by atoms with Crippen molar-refractivity contribution in [3.8, 4) is 5.75 Å². The van der Waals surface area contributed by atoms with Crippen LogP contribution in [-0.2, 0) is 6.54 Å². The molecule has 4 rings (SSSR count). The minimum absolute atomic E-state index is 0.0142. The average Bonchev–Trinajstić information content (AvgIpc) is 3.23. The molecule has 1 saturated carbocycles. The van der Waals surface area contributed by atoms with Crippen molar-refractivity contribution in [2.24, 2.45) is 5.92 Å². The molecule has 0 spiro atoms. The number of aromatic amines is 1. The zero-order valence-corrected chi connectivity index (χ0v) is 23.9. The molecule has 2 heterocycles. The number of rotatable bonds is 6. The number of hydrogen-bond donors (Lipinski definition) is 2. The predicted molar refractivity (Wildman–Crippen MR) is 146 cm³/mol. The van der Waals surface area contributed by atoms with Crippen molar-refractivity contribution in [1.29, 1.82) is 0 Å². The number of nitrogens with zero attached hydrogens (tertiary/aromatic N) is 2. The number of aromatic nitrogens is 1. The highest BCUT2D eigenvalue weighted by Crippen LogP contribution is 2.58. The van der Waals surface area contributed by atoms with Crippen molar-refractivity contribution < 1.29 is 22.7 Å². The maximum absolute atomic E-state index is 15.1. The second kappa shape index (κ2) is 10.7. The first-order valence-corrected chi connectivity index (χ1v) is 13.6. The number of H-pyrrole nitrogens is 1. The average molecular weight is 569 g/mol. The number of fused-ring (bicyclic) bond motifs is 1. The number of nitrogens with one attached hydrogen (secondary N) is 2. The number of pyridine rings is 1. The Hall–Kier alpha value is -2.72. The number of carbonyl (C=O) groups excluding carboxylic acids is 1. The van der Waals surface area contributed by atoms with Crippen LogP contribution in [0.5, 0.6) is 5.75 Å². The SMILES string of the molecule is CCN1c2c(C)c(C(=O)NCc3c(C)cc(C)[nH]c3=O)cc(Cl)c2OC1(C1CCC(N(C)C)CC1)C(F)(F)F. The Morgan fingerprint density at radius 1 is 1.21 bits per heavy atom. The van der Waals surface area contributed by atoms with Gasteiger partial charge in [0.1, 0.15) is 0 Å². The zero-order valence-electron chi connectivity index (χ0n) is 23.2. The van der Waals surface area contributed by atoms with Gasteiger partial charge in [0.05, 0.1) is 10.7 Å². The topological polar surface area (TPSA) is 77.7 Å². The quantitative estimate of drug-likeness (QED) is 0.482. The molecular formula is C28H36ClF3N4O3. The van der Waals surface area contributed by atoms with Gasteiger partial charge in [-0.2, -0.15) is 13.2 Å². The van der Waals surface area contributed by atoms with E-state index in [-0.39, 0.29) is 46.7 Å². The fraction of sp³-hybridized carbons (Fsp3) is 0.571. The van der Waals surface area contributed by atoms with Crippen molar-refractivity contribution >= 4 is 23.2 Å². The second-order valence-electron chi connectivity index (χ2n) is 10.8. The standard InChI is InChI=1S/C28H36ClF3N4O3/c1-7-36-23-17(4)20(25(37)33-14-21-15(2)12-16(3)34-26(21)38)13-22(29)24(23)39-27(36,28(30,31)32)18-8-10-19(11-9-18)35(5)6/h12-13,18-19H,7-11,14H2,1-6H3,(H,33,37)(H,34,38). The Balaban J connectivity index is 1.70. The molecule has 1 aromatic heterocycles. The molecule has 1 fully saturated rings. The highest BCUT2D eigenvalue weighted by Gasteiger charge is 2.69. The summed E-state index contributed by atoms with van der Waals surface area (Å²) in [5.41, 5.74) is -0.374. The fourth-order valence-electron chi connectivity index (χ4n) is 6.23. The van der Waals surface area contributed by atoms with E-state index in [1.54, 1.807) is 33.8 Å². The van der Waals surface area contributed by atoms with Crippen LogP contribution in [0, 0.1) is 26.7 Å². The highest BCUT2D eigenvalue weighted by molar-refractivity contribution is 6.33. The number of hydrogen-bond acceptors (Lipinski definition) is 5. The smallest absolute Gasteiger partial charge is 0.448 e. The number of carbonyl (C=O) groups is 1. The summed E-state index contributed by atoms with van der Waals surface area (Å²) in [6.07, 6.45) is -2.75. The summed E-state index contributed by atoms with van der Waals surface area (Å²) in [7, 11) is 3.88. The van der Waals surface area contributed by atoms with E-state index in [1.165, 1.54) is 11.0 Å². The van der Waals surface area contributed by atoms with Crippen molar-refractivity contribution in [2.45, 2.75) is 77.9 Å². The summed E-state index contributed by atoms with van der Waals surface area (Å²) >= 11 is 6.52. The van der Waals surface area contributed by atoms with E-state index in [9.17, 15) is 9.59 Å². The molecule has 1 atom stereocenters. The molecule has 1 aliphatic heterocycles. The molecule has 39 heavy (non-hydrogen) atoms. The van der Waals surface area contributed by atoms with Crippen molar-refractivity contribution in [2.75, 3.05) is 25.5 Å². The number of amides is 1. The molecule has 214 valence electrons. The van der Waals surface area contributed by atoms with Crippen LogP contribution in [0.2, 0.25) is 5.02 Å². The van der Waals surface area contributed by atoms with E-state index in [0.29, 0.717) is 42.5 Å². The second-order valence-corrected chi connectivity index (χ2v) is 11.3. The fourth-order valence-corrected chi connectivity index (χ4v) is 6.47. The van der Waals surface area contributed by atoms with Crippen molar-refractivity contribution in [1.82, 2.24) is 15.2 Å². The van der Waals surface area contributed by atoms with E-state index >= 15 is 13.2 Å². The van der Waals surface area contributed by atoms with Crippen LogP contribution in [0.15, 0.2) is 16.9 Å². The Kier molecular flexibility index (Phi) is 8.02. The number of anilines is 1. The van der Waals surface area contributed by atoms with E-state index < -0.39 is 23.7 Å². The number of aryl methyl sites for hydroxylation is 2. The van der Waals surface area contributed by atoms with Gasteiger partial charge < -0.3 is 24.8 Å². The van der Waals surface area contributed by atoms with Crippen molar-refractivity contribution in [3.63, 3.8) is 0 Å². The lowest BCUT2D eigenvalue weighted by atomic mass is 9.78. The van der Waals surface area contributed by atoms with Gasteiger partial charge in [-0.15, -0.1) is 0 Å². The van der Waals surface area contributed by atoms with Gasteiger partial charge in [-0.3, -0.25) is 9.59 Å². The summed E-state index contributed by atoms with van der Waals surface area (Å²) in [5.74, 6) is -1.39. The van der Waals surface area contributed by atoms with Gasteiger partial charge in [-0.25, -0.2) is 0 Å². The Labute approximate surface area is 231 Å². The zero-order chi connectivity index (χ0) is 28.9. The van der Waals surface area contributed by atoms with Crippen LogP contribution in [-0.4, -0.2) is 54.4 Å². The molecule has 0 radical (unpaired) electrons. The lowest BCUT2D eigenvalue weighted by Crippen LogP contribution is -2.65. The molecule has 1 aliphatic carbocycles. The molecule has 11 heteroatoms. The molecule has 1 unspecified atom stereocenters. The maximum Gasteiger partial charge on any atom is 0.448 e. The van der Waals surface area contributed by atoms with Crippen LogP contribution in [0.1, 0.15) is 65.3 Å². The number of ether oxygens (including phenoxy) is 1. The van der Waals surface area contributed by atoms with E-state index in [4.69, 9.17) is 16.3 Å². The third kappa shape index (κ3) is 5.01. The van der Waals surface area contributed by atoms with Gasteiger partial charge in [-0.05, 0) is 90.7 Å². The molecular weight excluding hydrogens is 533 g/mol. The largest absolute Gasteiger partial charge is 0.454 e. The first-order chi connectivity index (χ1) is 18.2. The van der Waals surface area contributed by atoms with Gasteiger partial charge in [0, 0.05) is 41.9 Å². The number of halogens is 4. The summed E-state index contributed by atoms with van der Waals surface area (Å²) in [6, 6.07) is 3.37. The maximum atomic E-state index is 15.1. The van der Waals surface area contributed by atoms with Gasteiger partial charge >= 0.3 is 6.18 Å². The Morgan fingerprint density at radius 2 is 1.85 bits per heavy atom. The third-order valence-electron chi connectivity index (χ3n) is 8.26. The molecule has 0 bridgehead atoms. The van der Waals surface area contributed by atoms with E-state index in [0.717, 1.165) is 5.56 Å². The normalized spacial score (nSPS) is 23.1. The van der Waals surface area contributed by atoms with Crippen LogP contribution < -0.4 is 20.5 Å². The lowest BCUT2D eigenvalue weighted by Gasteiger charge is -2.47. The summed E-state index contributed by atoms with van der Waals surface area (Å²) in [5, 5.41) is 2.68. The van der Waals surface area contributed by atoms with Gasteiger partial charge in [-0.1, -0.05) is 11.6 Å². The van der Waals surface area contributed by atoms with Crippen molar-refractivity contribution in [3.05, 3.63) is 55.5 Å². The first kappa shape index (κ1) is 29.3. The third-order valence-corrected chi connectivity index (χ3v) is 8.54. The first-order valence-electron chi connectivity index (χ1n) is 13.2. The number of alkyl halides is 3. The molecule has 0 saturated heterocycles. The van der Waals surface area contributed by atoms with Gasteiger partial charge in [0.15, 0.2) is 5.75 Å². The lowest BCUT2D eigenvalue weighted by molar-refractivity contribution is -0.265. The van der Waals surface area contributed by atoms with E-state index in [2.05, 4.69) is 15.2 Å². The van der Waals surface area contributed by atoms with Crippen LogP contribution in [0.4, 0.5) is 18.9 Å². The predicted octanol–water partition coefficient (Wildman–Crippen LogP) is 5.48. The van der Waals surface area contributed by atoms with Gasteiger partial charge in [0.25, 0.3) is 17.2 Å². The molecule has 7 nitrogen and oxygen atoms in total. The Bertz CT molecular complexity index is 1320. The Morgan fingerprint density at radius 3 is 2.38 bits per heavy atom. The molecule has 1 aromatic carbocycles. The number of benzene rings is 1. The molecule has 2 aliphatic rings. The van der Waals surface area contributed by atoms with Crippen LogP contribution in [0.3, 0.4) is 0 Å². The molecule has 2 aromatic rings. The highest BCUT2D eigenvalue weighted by atomic mass is 35.5. The summed E-state index contributed by atoms with van der Waals surface area (Å²) in [6.45, 7) is 6.78. The van der Waals surface area contributed by atoms with Gasteiger partial charge in [0.2, 0.25) is 0 Å². The molecule has 1 amide bonds. The molecule has 2 N–H and O–H groups in total.